The number of likely N-dealkylation sites (N-methyl/N-ethyl adjacent to an activating group) is 1. The van der Waals surface area contributed by atoms with Crippen LogP contribution in [0.3, 0.4) is 0 Å². The molecule has 2 aromatic heterocycles. The fourth-order valence-electron chi connectivity index (χ4n) is 3.28. The van der Waals surface area contributed by atoms with Gasteiger partial charge in [-0.15, -0.1) is 0 Å². The SMILES string of the molecule is CN(C)C(=O)C1(n2cccn2)CCCN(Cc2cn[nH]c2)C1. The van der Waals surface area contributed by atoms with Gasteiger partial charge < -0.3 is 4.90 Å². The predicted octanol–water partition coefficient (Wildman–Crippen LogP) is 0.686. The predicted molar refractivity (Wildman–Crippen MR) is 82.0 cm³/mol. The number of hydrogen-bond donors (Lipinski definition) is 1. The van der Waals surface area contributed by atoms with Gasteiger partial charge in [0, 0.05) is 51.3 Å². The number of H-pyrrole nitrogens is 1. The Kier molecular flexibility index (Phi) is 3.98. The molecule has 0 bridgehead atoms. The fourth-order valence-corrected chi connectivity index (χ4v) is 3.28. The minimum absolute atomic E-state index is 0.105. The van der Waals surface area contributed by atoms with E-state index in [9.17, 15) is 4.79 Å². The number of aromatic amines is 1. The molecule has 0 aromatic carbocycles. The van der Waals surface area contributed by atoms with Crippen LogP contribution in [0.15, 0.2) is 30.9 Å². The summed E-state index contributed by atoms with van der Waals surface area (Å²) < 4.78 is 1.83. The van der Waals surface area contributed by atoms with Crippen LogP contribution >= 0.6 is 0 Å². The lowest BCUT2D eigenvalue weighted by Crippen LogP contribution is -2.58. The Morgan fingerprint density at radius 3 is 3.00 bits per heavy atom. The van der Waals surface area contributed by atoms with Crippen molar-refractivity contribution in [3.05, 3.63) is 36.4 Å². The number of carbonyl (C=O) groups is 1. The van der Waals surface area contributed by atoms with Gasteiger partial charge in [0.05, 0.1) is 6.20 Å². The van der Waals surface area contributed by atoms with Crippen molar-refractivity contribution in [2.45, 2.75) is 24.9 Å². The van der Waals surface area contributed by atoms with Crippen LogP contribution in [0.4, 0.5) is 0 Å². The number of nitrogens with zero attached hydrogens (tertiary/aromatic N) is 5. The largest absolute Gasteiger partial charge is 0.347 e. The first kappa shape index (κ1) is 14.8. The van der Waals surface area contributed by atoms with Crippen LogP contribution in [0, 0.1) is 0 Å². The highest BCUT2D eigenvalue weighted by atomic mass is 16.2. The average Bonchev–Trinajstić information content (AvgIpc) is 3.19. The van der Waals surface area contributed by atoms with Gasteiger partial charge >= 0.3 is 0 Å². The normalized spacial score (nSPS) is 22.6. The third kappa shape index (κ3) is 2.64. The average molecular weight is 302 g/mol. The maximum atomic E-state index is 12.9. The molecule has 0 radical (unpaired) electrons. The van der Waals surface area contributed by atoms with E-state index < -0.39 is 5.54 Å². The van der Waals surface area contributed by atoms with E-state index in [-0.39, 0.29) is 5.91 Å². The lowest BCUT2D eigenvalue weighted by Gasteiger charge is -2.42. The summed E-state index contributed by atoms with van der Waals surface area (Å²) in [7, 11) is 3.62. The lowest BCUT2D eigenvalue weighted by atomic mass is 9.87. The number of piperidine rings is 1. The number of aromatic nitrogens is 4. The topological polar surface area (TPSA) is 70.1 Å². The molecule has 7 heteroatoms. The molecule has 3 heterocycles. The number of rotatable bonds is 4. The van der Waals surface area contributed by atoms with E-state index in [1.54, 1.807) is 11.1 Å². The van der Waals surface area contributed by atoms with Crippen LogP contribution < -0.4 is 0 Å². The maximum absolute atomic E-state index is 12.9. The Labute approximate surface area is 129 Å². The summed E-state index contributed by atoms with van der Waals surface area (Å²) in [5, 5.41) is 11.2. The van der Waals surface area contributed by atoms with E-state index in [0.717, 1.165) is 31.5 Å². The van der Waals surface area contributed by atoms with Gasteiger partial charge in [-0.2, -0.15) is 10.2 Å². The molecule has 1 atom stereocenters. The maximum Gasteiger partial charge on any atom is 0.251 e. The van der Waals surface area contributed by atoms with Crippen LogP contribution in [0.2, 0.25) is 0 Å². The molecule has 1 N–H and O–H groups in total. The van der Waals surface area contributed by atoms with E-state index in [0.29, 0.717) is 6.54 Å². The lowest BCUT2D eigenvalue weighted by molar-refractivity contribution is -0.142. The highest BCUT2D eigenvalue weighted by Crippen LogP contribution is 2.30. The second-order valence-corrected chi connectivity index (χ2v) is 6.10. The Morgan fingerprint density at radius 2 is 2.36 bits per heavy atom. The number of hydrogen-bond acceptors (Lipinski definition) is 4. The Morgan fingerprint density at radius 1 is 1.50 bits per heavy atom. The van der Waals surface area contributed by atoms with Crippen LogP contribution in [0.25, 0.3) is 0 Å². The van der Waals surface area contributed by atoms with Crippen LogP contribution in [-0.2, 0) is 16.9 Å². The van der Waals surface area contributed by atoms with Crippen molar-refractivity contribution < 1.29 is 4.79 Å². The fraction of sp³-hybridized carbons (Fsp3) is 0.533. The zero-order valence-electron chi connectivity index (χ0n) is 13.1. The van der Waals surface area contributed by atoms with Crippen molar-refractivity contribution in [3.8, 4) is 0 Å². The molecular formula is C15H22N6O. The molecule has 1 aliphatic heterocycles. The first-order chi connectivity index (χ1) is 10.6. The first-order valence-electron chi connectivity index (χ1n) is 7.54. The Hall–Kier alpha value is -2.15. The molecule has 0 saturated carbocycles. The number of amides is 1. The summed E-state index contributed by atoms with van der Waals surface area (Å²) in [4.78, 5) is 16.9. The van der Waals surface area contributed by atoms with Crippen molar-refractivity contribution in [3.63, 3.8) is 0 Å². The summed E-state index contributed by atoms with van der Waals surface area (Å²) in [6.07, 6.45) is 9.14. The minimum atomic E-state index is -0.616. The molecular weight excluding hydrogens is 280 g/mol. The van der Waals surface area contributed by atoms with Crippen molar-refractivity contribution in [2.24, 2.45) is 0 Å². The second-order valence-electron chi connectivity index (χ2n) is 6.10. The summed E-state index contributed by atoms with van der Waals surface area (Å²) in [5.41, 5.74) is 0.517. The van der Waals surface area contributed by atoms with E-state index in [1.807, 2.05) is 43.4 Å². The number of nitrogens with one attached hydrogen (secondary N) is 1. The van der Waals surface area contributed by atoms with Gasteiger partial charge in [-0.3, -0.25) is 19.5 Å². The minimum Gasteiger partial charge on any atom is -0.347 e. The monoisotopic (exact) mass is 302 g/mol. The summed E-state index contributed by atoms with van der Waals surface area (Å²) in [6, 6.07) is 1.87. The second kappa shape index (κ2) is 5.92. The molecule has 22 heavy (non-hydrogen) atoms. The molecule has 3 rings (SSSR count). The van der Waals surface area contributed by atoms with Crippen LogP contribution in [-0.4, -0.2) is 62.9 Å². The van der Waals surface area contributed by atoms with Crippen molar-refractivity contribution in [1.29, 1.82) is 0 Å². The molecule has 1 unspecified atom stereocenters. The van der Waals surface area contributed by atoms with Gasteiger partial charge in [-0.1, -0.05) is 0 Å². The van der Waals surface area contributed by atoms with Gasteiger partial charge in [0.2, 0.25) is 0 Å². The Bertz CT molecular complexity index is 606. The van der Waals surface area contributed by atoms with Crippen molar-refractivity contribution >= 4 is 5.91 Å². The molecule has 1 fully saturated rings. The molecule has 7 nitrogen and oxygen atoms in total. The summed E-state index contributed by atoms with van der Waals surface area (Å²) >= 11 is 0. The van der Waals surface area contributed by atoms with Gasteiger partial charge in [0.15, 0.2) is 5.54 Å². The third-order valence-electron chi connectivity index (χ3n) is 4.26. The molecule has 118 valence electrons. The van der Waals surface area contributed by atoms with Gasteiger partial charge in [-0.05, 0) is 25.5 Å². The molecule has 0 spiro atoms. The number of carbonyl (C=O) groups excluding carboxylic acids is 1. The third-order valence-corrected chi connectivity index (χ3v) is 4.26. The van der Waals surface area contributed by atoms with E-state index in [2.05, 4.69) is 20.2 Å². The molecule has 0 aliphatic carbocycles. The summed E-state index contributed by atoms with van der Waals surface area (Å²) in [5.74, 6) is 0.105. The van der Waals surface area contributed by atoms with Crippen LogP contribution in [0.1, 0.15) is 18.4 Å². The Balaban J connectivity index is 1.87. The van der Waals surface area contributed by atoms with Crippen LogP contribution in [0.5, 0.6) is 0 Å². The van der Waals surface area contributed by atoms with Gasteiger partial charge in [0.1, 0.15) is 0 Å². The highest BCUT2D eigenvalue weighted by molar-refractivity contribution is 5.84. The van der Waals surface area contributed by atoms with E-state index >= 15 is 0 Å². The van der Waals surface area contributed by atoms with Crippen molar-refractivity contribution in [1.82, 2.24) is 29.8 Å². The molecule has 2 aromatic rings. The zero-order valence-corrected chi connectivity index (χ0v) is 13.1. The molecule has 1 saturated heterocycles. The number of likely N-dealkylation sites (tertiary alicyclic amines) is 1. The van der Waals surface area contributed by atoms with Crippen molar-refractivity contribution in [2.75, 3.05) is 27.2 Å². The summed E-state index contributed by atoms with van der Waals surface area (Å²) in [6.45, 7) is 2.44. The molecule has 1 amide bonds. The quantitative estimate of drug-likeness (QED) is 0.902. The smallest absolute Gasteiger partial charge is 0.251 e. The highest BCUT2D eigenvalue weighted by Gasteiger charge is 2.45. The van der Waals surface area contributed by atoms with E-state index in [1.165, 1.54) is 0 Å². The standard InChI is InChI=1S/C15H22N6O/c1-19(2)14(22)15(21-8-4-6-18-21)5-3-7-20(12-15)11-13-9-16-17-10-13/h4,6,8-10H,3,5,7,11-12H2,1-2H3,(H,16,17). The zero-order chi connectivity index (χ0) is 15.6. The first-order valence-corrected chi connectivity index (χ1v) is 7.54. The van der Waals surface area contributed by atoms with Gasteiger partial charge in [-0.25, -0.2) is 0 Å². The van der Waals surface area contributed by atoms with E-state index in [4.69, 9.17) is 0 Å². The molecule has 1 aliphatic rings. The van der Waals surface area contributed by atoms with Gasteiger partial charge in [0.25, 0.3) is 5.91 Å².